The van der Waals surface area contributed by atoms with Gasteiger partial charge in [0.25, 0.3) is 0 Å². The smallest absolute Gasteiger partial charge is 0.144 e. The van der Waals surface area contributed by atoms with Crippen LogP contribution in [0.2, 0.25) is 0 Å². The Morgan fingerprint density at radius 3 is 2.75 bits per heavy atom. The van der Waals surface area contributed by atoms with Crippen LogP contribution in [0.4, 0.5) is 0 Å². The predicted molar refractivity (Wildman–Crippen MR) is 81.0 cm³/mol. The van der Waals surface area contributed by atoms with Crippen molar-refractivity contribution in [2.75, 3.05) is 0 Å². The van der Waals surface area contributed by atoms with E-state index in [1.54, 1.807) is 0 Å². The summed E-state index contributed by atoms with van der Waals surface area (Å²) in [5.41, 5.74) is 5.58. The average molecular weight is 266 g/mol. The second-order valence-corrected chi connectivity index (χ2v) is 7.14. The third-order valence-electron chi connectivity index (χ3n) is 5.80. The molecule has 0 aromatic heterocycles. The highest BCUT2D eigenvalue weighted by molar-refractivity contribution is 5.94. The molecule has 1 fully saturated rings. The van der Waals surface area contributed by atoms with Crippen molar-refractivity contribution >= 4 is 5.78 Å². The molecule has 2 atom stereocenters. The van der Waals surface area contributed by atoms with E-state index < -0.39 is 0 Å². The summed E-state index contributed by atoms with van der Waals surface area (Å²) in [6, 6.07) is 6.91. The summed E-state index contributed by atoms with van der Waals surface area (Å²) in [7, 11) is 0. The van der Waals surface area contributed by atoms with E-state index in [4.69, 9.17) is 0 Å². The second-order valence-electron chi connectivity index (χ2n) is 7.14. The van der Waals surface area contributed by atoms with E-state index >= 15 is 0 Å². The van der Waals surface area contributed by atoms with Gasteiger partial charge in [0, 0.05) is 6.42 Å². The number of Topliss-reactive ketones (excluding diaryl/α,β-unsaturated/α-hetero) is 1. The molecule has 1 spiro atoms. The Balaban J connectivity index is 1.91. The number of hydrogen-bond acceptors (Lipinski definition) is 1. The van der Waals surface area contributed by atoms with Crippen LogP contribution in [0.25, 0.3) is 0 Å². The molecule has 3 aliphatic rings. The van der Waals surface area contributed by atoms with Crippen LogP contribution in [0.1, 0.15) is 62.1 Å². The Hall–Kier alpha value is -1.37. The van der Waals surface area contributed by atoms with Gasteiger partial charge in [-0.1, -0.05) is 43.7 Å². The SMILES string of the molecule is CC(C)c1ccc2c(c1)C1(CC3=CCC1C3)C(=O)CC2. The maximum atomic E-state index is 12.8. The molecular weight excluding hydrogens is 244 g/mol. The van der Waals surface area contributed by atoms with Crippen molar-refractivity contribution in [2.45, 2.75) is 57.3 Å². The van der Waals surface area contributed by atoms with E-state index in [1.807, 2.05) is 0 Å². The monoisotopic (exact) mass is 266 g/mol. The summed E-state index contributed by atoms with van der Waals surface area (Å²) < 4.78 is 0. The van der Waals surface area contributed by atoms with E-state index in [2.05, 4.69) is 38.1 Å². The lowest BCUT2D eigenvalue weighted by molar-refractivity contribution is -0.126. The van der Waals surface area contributed by atoms with Gasteiger partial charge in [-0.25, -0.2) is 0 Å². The van der Waals surface area contributed by atoms with Crippen molar-refractivity contribution in [2.24, 2.45) is 5.92 Å². The van der Waals surface area contributed by atoms with Gasteiger partial charge in [-0.3, -0.25) is 4.79 Å². The molecule has 0 saturated heterocycles. The van der Waals surface area contributed by atoms with E-state index in [0.29, 0.717) is 17.6 Å². The van der Waals surface area contributed by atoms with Crippen LogP contribution in [-0.2, 0) is 16.6 Å². The minimum atomic E-state index is -0.150. The van der Waals surface area contributed by atoms with Gasteiger partial charge in [-0.05, 0) is 54.2 Å². The van der Waals surface area contributed by atoms with Crippen molar-refractivity contribution < 1.29 is 4.79 Å². The lowest BCUT2D eigenvalue weighted by atomic mass is 9.61. The first-order chi connectivity index (χ1) is 9.61. The highest BCUT2D eigenvalue weighted by Gasteiger charge is 2.54. The number of carbonyl (C=O) groups excluding carboxylic acids is 1. The molecule has 0 aliphatic heterocycles. The number of hydrogen-bond donors (Lipinski definition) is 0. The summed E-state index contributed by atoms with van der Waals surface area (Å²) in [5, 5.41) is 0. The Morgan fingerprint density at radius 2 is 2.10 bits per heavy atom. The molecule has 1 aromatic rings. The fourth-order valence-corrected chi connectivity index (χ4v) is 4.66. The minimum Gasteiger partial charge on any atom is -0.299 e. The molecule has 0 N–H and O–H groups in total. The number of fused-ring (bicyclic) bond motifs is 5. The van der Waals surface area contributed by atoms with Crippen LogP contribution in [0.3, 0.4) is 0 Å². The van der Waals surface area contributed by atoms with Crippen LogP contribution in [-0.4, -0.2) is 5.78 Å². The largest absolute Gasteiger partial charge is 0.299 e. The Labute approximate surface area is 121 Å². The maximum Gasteiger partial charge on any atom is 0.144 e. The highest BCUT2D eigenvalue weighted by atomic mass is 16.1. The van der Waals surface area contributed by atoms with E-state index in [0.717, 1.165) is 32.1 Å². The van der Waals surface area contributed by atoms with E-state index in [-0.39, 0.29) is 5.41 Å². The Bertz CT molecular complexity index is 623. The molecule has 1 heteroatoms. The molecular formula is C19H22O. The molecule has 0 radical (unpaired) electrons. The first-order valence-electron chi connectivity index (χ1n) is 7.96. The maximum absolute atomic E-state index is 12.8. The minimum absolute atomic E-state index is 0.150. The molecule has 20 heavy (non-hydrogen) atoms. The van der Waals surface area contributed by atoms with Crippen LogP contribution in [0.15, 0.2) is 29.8 Å². The summed E-state index contributed by atoms with van der Waals surface area (Å²) in [5.74, 6) is 1.60. The summed E-state index contributed by atoms with van der Waals surface area (Å²) in [6.07, 6.45) is 7.36. The summed E-state index contributed by atoms with van der Waals surface area (Å²) in [4.78, 5) is 12.8. The second kappa shape index (κ2) is 4.07. The lowest BCUT2D eigenvalue weighted by Gasteiger charge is -2.40. The number of aryl methyl sites for hydroxylation is 1. The first-order valence-corrected chi connectivity index (χ1v) is 7.96. The van der Waals surface area contributed by atoms with Crippen molar-refractivity contribution in [1.29, 1.82) is 0 Å². The summed E-state index contributed by atoms with van der Waals surface area (Å²) in [6.45, 7) is 4.48. The number of carbonyl (C=O) groups is 1. The fraction of sp³-hybridized carbons (Fsp3) is 0.526. The van der Waals surface area contributed by atoms with Gasteiger partial charge in [0.05, 0.1) is 5.41 Å². The van der Waals surface area contributed by atoms with Crippen LogP contribution >= 0.6 is 0 Å². The van der Waals surface area contributed by atoms with E-state index in [9.17, 15) is 4.79 Å². The van der Waals surface area contributed by atoms with Gasteiger partial charge >= 0.3 is 0 Å². The van der Waals surface area contributed by atoms with Gasteiger partial charge in [-0.2, -0.15) is 0 Å². The molecule has 1 saturated carbocycles. The van der Waals surface area contributed by atoms with Crippen molar-refractivity contribution in [3.8, 4) is 0 Å². The zero-order chi connectivity index (χ0) is 13.9. The van der Waals surface area contributed by atoms with Crippen molar-refractivity contribution in [1.82, 2.24) is 0 Å². The molecule has 2 unspecified atom stereocenters. The van der Waals surface area contributed by atoms with Crippen LogP contribution in [0, 0.1) is 5.92 Å². The molecule has 4 rings (SSSR count). The standard InChI is InChI=1S/C19H22O/c1-12(2)15-5-4-14-6-8-18(20)19(17(14)10-15)11-13-3-7-16(19)9-13/h3-5,10,12,16H,6-9,11H2,1-2H3. The highest BCUT2D eigenvalue weighted by Crippen LogP contribution is 2.57. The normalized spacial score (nSPS) is 31.1. The van der Waals surface area contributed by atoms with Gasteiger partial charge in [-0.15, -0.1) is 0 Å². The molecule has 0 amide bonds. The van der Waals surface area contributed by atoms with Gasteiger partial charge < -0.3 is 0 Å². The predicted octanol–water partition coefficient (Wildman–Crippen LogP) is 4.30. The molecule has 104 valence electrons. The Morgan fingerprint density at radius 1 is 1.25 bits per heavy atom. The van der Waals surface area contributed by atoms with Crippen LogP contribution < -0.4 is 0 Å². The lowest BCUT2D eigenvalue weighted by Crippen LogP contribution is -2.43. The zero-order valence-corrected chi connectivity index (χ0v) is 12.4. The third kappa shape index (κ3) is 1.47. The summed E-state index contributed by atoms with van der Waals surface area (Å²) >= 11 is 0. The average Bonchev–Trinajstić information content (AvgIpc) is 3.04. The van der Waals surface area contributed by atoms with Gasteiger partial charge in [0.2, 0.25) is 0 Å². The molecule has 3 aliphatic carbocycles. The number of allylic oxidation sites excluding steroid dienone is 2. The number of ketones is 1. The number of rotatable bonds is 1. The van der Waals surface area contributed by atoms with Crippen molar-refractivity contribution in [3.63, 3.8) is 0 Å². The van der Waals surface area contributed by atoms with Crippen LogP contribution in [0.5, 0.6) is 0 Å². The molecule has 1 nitrogen and oxygen atoms in total. The quantitative estimate of drug-likeness (QED) is 0.692. The van der Waals surface area contributed by atoms with E-state index in [1.165, 1.54) is 22.3 Å². The molecule has 0 heterocycles. The van der Waals surface area contributed by atoms with Gasteiger partial charge in [0.15, 0.2) is 0 Å². The Kier molecular flexibility index (Phi) is 2.52. The first kappa shape index (κ1) is 12.4. The van der Waals surface area contributed by atoms with Crippen molar-refractivity contribution in [3.05, 3.63) is 46.5 Å². The zero-order valence-electron chi connectivity index (χ0n) is 12.4. The fourth-order valence-electron chi connectivity index (χ4n) is 4.66. The van der Waals surface area contributed by atoms with Gasteiger partial charge in [0.1, 0.15) is 5.78 Å². The molecule has 2 bridgehead atoms. The molecule has 1 aromatic carbocycles. The topological polar surface area (TPSA) is 17.1 Å². The number of benzene rings is 1. The third-order valence-corrected chi connectivity index (χ3v) is 5.80.